The summed E-state index contributed by atoms with van der Waals surface area (Å²) in [6, 6.07) is 8.21. The van der Waals surface area contributed by atoms with Crippen LogP contribution < -0.4 is 0 Å². The van der Waals surface area contributed by atoms with E-state index in [1.807, 2.05) is 29.4 Å². The summed E-state index contributed by atoms with van der Waals surface area (Å²) in [6.45, 7) is 2.84. The van der Waals surface area contributed by atoms with Crippen molar-refractivity contribution in [2.45, 2.75) is 19.4 Å². The summed E-state index contributed by atoms with van der Waals surface area (Å²) in [4.78, 5) is 18.1. The lowest BCUT2D eigenvalue weighted by Crippen LogP contribution is -2.40. The van der Waals surface area contributed by atoms with Crippen molar-refractivity contribution in [2.75, 3.05) is 26.8 Å². The number of hydrogen-bond donors (Lipinski definition) is 0. The lowest BCUT2D eigenvalue weighted by atomic mass is 9.96. The number of rotatable bonds is 4. The number of imidazole rings is 1. The minimum absolute atomic E-state index is 0.101. The predicted molar refractivity (Wildman–Crippen MR) is 80.9 cm³/mol. The molecule has 1 aliphatic rings. The van der Waals surface area contributed by atoms with Gasteiger partial charge in [0.05, 0.1) is 17.4 Å². The molecule has 0 spiro atoms. The molecule has 2 aromatic rings. The van der Waals surface area contributed by atoms with Gasteiger partial charge in [0, 0.05) is 26.7 Å². The first kappa shape index (κ1) is 14.1. The van der Waals surface area contributed by atoms with Crippen molar-refractivity contribution in [3.05, 3.63) is 30.6 Å². The number of fused-ring (bicyclic) bond motifs is 1. The number of carbonyl (C=O) groups is 1. The molecule has 0 atom stereocenters. The van der Waals surface area contributed by atoms with Gasteiger partial charge in [0.1, 0.15) is 6.61 Å². The van der Waals surface area contributed by atoms with Gasteiger partial charge < -0.3 is 14.2 Å². The molecule has 0 N–H and O–H groups in total. The Morgan fingerprint density at radius 2 is 2.10 bits per heavy atom. The van der Waals surface area contributed by atoms with E-state index in [0.717, 1.165) is 38.0 Å². The zero-order chi connectivity index (χ0) is 14.7. The predicted octanol–water partition coefficient (Wildman–Crippen LogP) is 1.92. The Morgan fingerprint density at radius 3 is 2.86 bits per heavy atom. The Labute approximate surface area is 124 Å². The van der Waals surface area contributed by atoms with E-state index in [9.17, 15) is 4.79 Å². The summed E-state index contributed by atoms with van der Waals surface area (Å²) in [5.74, 6) is 0.707. The number of likely N-dealkylation sites (tertiary alicyclic amines) is 1. The van der Waals surface area contributed by atoms with E-state index in [1.54, 1.807) is 7.11 Å². The summed E-state index contributed by atoms with van der Waals surface area (Å²) in [5.41, 5.74) is 2.24. The van der Waals surface area contributed by atoms with Crippen molar-refractivity contribution in [3.8, 4) is 0 Å². The Morgan fingerprint density at radius 1 is 1.33 bits per heavy atom. The fraction of sp³-hybridized carbons (Fsp3) is 0.500. The highest BCUT2D eigenvalue weighted by molar-refractivity contribution is 5.77. The second-order valence-electron chi connectivity index (χ2n) is 5.64. The fourth-order valence-electron chi connectivity index (χ4n) is 3.01. The van der Waals surface area contributed by atoms with Crippen LogP contribution in [0.25, 0.3) is 11.0 Å². The number of ether oxygens (including phenoxy) is 1. The quantitative estimate of drug-likeness (QED) is 0.863. The zero-order valence-electron chi connectivity index (χ0n) is 12.4. The highest BCUT2D eigenvalue weighted by Crippen LogP contribution is 2.21. The normalized spacial score (nSPS) is 16.5. The molecule has 5 heteroatoms. The van der Waals surface area contributed by atoms with Crippen LogP contribution in [0.4, 0.5) is 0 Å². The van der Waals surface area contributed by atoms with E-state index in [-0.39, 0.29) is 12.5 Å². The number of hydrogen-bond acceptors (Lipinski definition) is 3. The number of amides is 1. The molecular weight excluding hydrogens is 266 g/mol. The Bertz CT molecular complexity index is 615. The summed E-state index contributed by atoms with van der Waals surface area (Å²) in [6.07, 6.45) is 4.01. The maximum absolute atomic E-state index is 11.8. The van der Waals surface area contributed by atoms with E-state index in [2.05, 4.69) is 15.6 Å². The minimum Gasteiger partial charge on any atom is -0.375 e. The van der Waals surface area contributed by atoms with E-state index in [0.29, 0.717) is 5.92 Å². The van der Waals surface area contributed by atoms with Gasteiger partial charge in [-0.25, -0.2) is 4.98 Å². The molecular formula is C16H21N3O2. The van der Waals surface area contributed by atoms with E-state index >= 15 is 0 Å². The van der Waals surface area contributed by atoms with Gasteiger partial charge in [-0.15, -0.1) is 0 Å². The molecule has 112 valence electrons. The SMILES string of the molecule is COCC(=O)N1CCC(Cn2cnc3ccccc32)CC1. The molecule has 2 heterocycles. The highest BCUT2D eigenvalue weighted by atomic mass is 16.5. The van der Waals surface area contributed by atoms with Crippen molar-refractivity contribution in [2.24, 2.45) is 5.92 Å². The number of aromatic nitrogens is 2. The first-order valence-corrected chi connectivity index (χ1v) is 7.44. The van der Waals surface area contributed by atoms with Crippen LogP contribution in [0.3, 0.4) is 0 Å². The van der Waals surface area contributed by atoms with Crippen LogP contribution in [0.5, 0.6) is 0 Å². The van der Waals surface area contributed by atoms with Crippen molar-refractivity contribution in [3.63, 3.8) is 0 Å². The van der Waals surface area contributed by atoms with Crippen LogP contribution in [0.2, 0.25) is 0 Å². The molecule has 3 rings (SSSR count). The summed E-state index contributed by atoms with van der Waals surface area (Å²) in [5, 5.41) is 0. The Balaban J connectivity index is 1.59. The van der Waals surface area contributed by atoms with Crippen LogP contribution in [0.1, 0.15) is 12.8 Å². The van der Waals surface area contributed by atoms with Crippen molar-refractivity contribution >= 4 is 16.9 Å². The molecule has 0 bridgehead atoms. The highest BCUT2D eigenvalue weighted by Gasteiger charge is 2.23. The molecule has 0 radical (unpaired) electrons. The van der Waals surface area contributed by atoms with Crippen LogP contribution in [-0.4, -0.2) is 47.2 Å². The average Bonchev–Trinajstić information content (AvgIpc) is 2.92. The fourth-order valence-corrected chi connectivity index (χ4v) is 3.01. The van der Waals surface area contributed by atoms with E-state index in [1.165, 1.54) is 5.52 Å². The van der Waals surface area contributed by atoms with Crippen molar-refractivity contribution in [1.29, 1.82) is 0 Å². The molecule has 1 fully saturated rings. The second-order valence-corrected chi connectivity index (χ2v) is 5.64. The Kier molecular flexibility index (Phi) is 4.20. The lowest BCUT2D eigenvalue weighted by Gasteiger charge is -2.32. The third-order valence-electron chi connectivity index (χ3n) is 4.22. The van der Waals surface area contributed by atoms with E-state index in [4.69, 9.17) is 4.74 Å². The minimum atomic E-state index is 0.101. The average molecular weight is 287 g/mol. The van der Waals surface area contributed by atoms with Crippen LogP contribution in [0.15, 0.2) is 30.6 Å². The molecule has 0 aliphatic carbocycles. The zero-order valence-corrected chi connectivity index (χ0v) is 12.4. The first-order valence-electron chi connectivity index (χ1n) is 7.44. The third kappa shape index (κ3) is 3.08. The molecule has 1 amide bonds. The molecule has 21 heavy (non-hydrogen) atoms. The molecule has 0 unspecified atom stereocenters. The van der Waals surface area contributed by atoms with Gasteiger partial charge in [-0.1, -0.05) is 12.1 Å². The molecule has 1 aliphatic heterocycles. The molecule has 1 aromatic heterocycles. The smallest absolute Gasteiger partial charge is 0.248 e. The van der Waals surface area contributed by atoms with Crippen LogP contribution in [-0.2, 0) is 16.1 Å². The second kappa shape index (κ2) is 6.26. The van der Waals surface area contributed by atoms with Crippen molar-refractivity contribution < 1.29 is 9.53 Å². The number of carbonyl (C=O) groups excluding carboxylic acids is 1. The molecule has 1 saturated heterocycles. The molecule has 0 saturated carbocycles. The Hall–Kier alpha value is -1.88. The number of para-hydroxylation sites is 2. The van der Waals surface area contributed by atoms with Gasteiger partial charge in [-0.2, -0.15) is 0 Å². The van der Waals surface area contributed by atoms with Gasteiger partial charge in [0.15, 0.2) is 0 Å². The van der Waals surface area contributed by atoms with Gasteiger partial charge in [0.2, 0.25) is 5.91 Å². The molecule has 5 nitrogen and oxygen atoms in total. The number of benzene rings is 1. The summed E-state index contributed by atoms with van der Waals surface area (Å²) < 4.78 is 7.14. The van der Waals surface area contributed by atoms with Gasteiger partial charge >= 0.3 is 0 Å². The maximum atomic E-state index is 11.8. The summed E-state index contributed by atoms with van der Waals surface area (Å²) >= 11 is 0. The largest absolute Gasteiger partial charge is 0.375 e. The van der Waals surface area contributed by atoms with Crippen LogP contribution in [0, 0.1) is 5.92 Å². The lowest BCUT2D eigenvalue weighted by molar-refractivity contribution is -0.136. The van der Waals surface area contributed by atoms with Gasteiger partial charge in [-0.3, -0.25) is 4.79 Å². The van der Waals surface area contributed by atoms with Crippen molar-refractivity contribution in [1.82, 2.24) is 14.5 Å². The topological polar surface area (TPSA) is 47.4 Å². The molecule has 1 aromatic carbocycles. The first-order chi connectivity index (χ1) is 10.3. The number of piperidine rings is 1. The van der Waals surface area contributed by atoms with Crippen LogP contribution >= 0.6 is 0 Å². The number of nitrogens with zero attached hydrogens (tertiary/aromatic N) is 3. The standard InChI is InChI=1S/C16H21N3O2/c1-21-11-16(20)18-8-6-13(7-9-18)10-19-12-17-14-4-2-3-5-15(14)19/h2-5,12-13H,6-11H2,1H3. The monoisotopic (exact) mass is 287 g/mol. The van der Waals surface area contributed by atoms with Gasteiger partial charge in [-0.05, 0) is 30.9 Å². The number of methoxy groups -OCH3 is 1. The van der Waals surface area contributed by atoms with Gasteiger partial charge in [0.25, 0.3) is 0 Å². The maximum Gasteiger partial charge on any atom is 0.248 e. The summed E-state index contributed by atoms with van der Waals surface area (Å²) in [7, 11) is 1.56. The third-order valence-corrected chi connectivity index (χ3v) is 4.22. The van der Waals surface area contributed by atoms with E-state index < -0.39 is 0 Å².